The summed E-state index contributed by atoms with van der Waals surface area (Å²) in [6, 6.07) is 8.65. The molecule has 1 heterocycles. The molecule has 20 heavy (non-hydrogen) atoms. The first-order valence-corrected chi connectivity index (χ1v) is 7.41. The molecular weight excluding hydrogens is 246 g/mol. The minimum Gasteiger partial charge on any atom is -0.370 e. The van der Waals surface area contributed by atoms with E-state index in [1.165, 1.54) is 11.1 Å². The Morgan fingerprint density at radius 3 is 2.70 bits per heavy atom. The summed E-state index contributed by atoms with van der Waals surface area (Å²) in [5, 5.41) is 3.36. The second kappa shape index (κ2) is 7.04. The number of nitrogens with one attached hydrogen (secondary N) is 1. The molecule has 1 N–H and O–H groups in total. The molecule has 2 aromatic rings. The fraction of sp³-hybridized carbons (Fsp3) is 0.412. The Hall–Kier alpha value is -1.90. The molecule has 0 unspecified atom stereocenters. The van der Waals surface area contributed by atoms with Gasteiger partial charge in [-0.05, 0) is 31.4 Å². The van der Waals surface area contributed by atoms with Gasteiger partial charge in [0, 0.05) is 17.7 Å². The third kappa shape index (κ3) is 3.35. The van der Waals surface area contributed by atoms with Gasteiger partial charge in [0.2, 0.25) is 0 Å². The molecule has 0 amide bonds. The van der Waals surface area contributed by atoms with Crippen molar-refractivity contribution in [1.29, 1.82) is 0 Å². The van der Waals surface area contributed by atoms with Crippen molar-refractivity contribution in [1.82, 2.24) is 9.97 Å². The molecule has 0 saturated carbocycles. The van der Waals surface area contributed by atoms with Crippen LogP contribution in [0.3, 0.4) is 0 Å². The van der Waals surface area contributed by atoms with E-state index in [0.717, 1.165) is 42.9 Å². The second-order valence-corrected chi connectivity index (χ2v) is 5.07. The number of benzene rings is 1. The van der Waals surface area contributed by atoms with Gasteiger partial charge in [0.05, 0.1) is 5.69 Å². The highest BCUT2D eigenvalue weighted by Crippen LogP contribution is 2.25. The lowest BCUT2D eigenvalue weighted by Crippen LogP contribution is -2.05. The Balaban J connectivity index is 2.34. The van der Waals surface area contributed by atoms with Gasteiger partial charge in [-0.2, -0.15) is 0 Å². The molecule has 0 saturated heterocycles. The Labute approximate surface area is 121 Å². The molecule has 3 nitrogen and oxygen atoms in total. The maximum Gasteiger partial charge on any atom is 0.132 e. The van der Waals surface area contributed by atoms with E-state index in [9.17, 15) is 0 Å². The predicted molar refractivity (Wildman–Crippen MR) is 85.0 cm³/mol. The van der Waals surface area contributed by atoms with E-state index < -0.39 is 0 Å². The quantitative estimate of drug-likeness (QED) is 0.853. The summed E-state index contributed by atoms with van der Waals surface area (Å²) in [6.45, 7) is 7.38. The van der Waals surface area contributed by atoms with E-state index in [2.05, 4.69) is 60.3 Å². The highest BCUT2D eigenvalue weighted by molar-refractivity contribution is 5.68. The zero-order chi connectivity index (χ0) is 14.4. The third-order valence-corrected chi connectivity index (χ3v) is 3.37. The van der Waals surface area contributed by atoms with Crippen LogP contribution in [-0.4, -0.2) is 16.5 Å². The SMILES string of the molecule is CCCNc1ncnc(-c2cccc(CCC)c2)c1C. The van der Waals surface area contributed by atoms with Crippen LogP contribution in [0.5, 0.6) is 0 Å². The molecule has 1 aromatic carbocycles. The number of hydrogen-bond donors (Lipinski definition) is 1. The highest BCUT2D eigenvalue weighted by Gasteiger charge is 2.09. The van der Waals surface area contributed by atoms with Crippen LogP contribution in [0.1, 0.15) is 37.8 Å². The van der Waals surface area contributed by atoms with Crippen LogP contribution in [0, 0.1) is 6.92 Å². The van der Waals surface area contributed by atoms with E-state index in [1.807, 2.05) is 0 Å². The molecule has 0 atom stereocenters. The van der Waals surface area contributed by atoms with Crippen molar-refractivity contribution >= 4 is 5.82 Å². The number of rotatable bonds is 6. The van der Waals surface area contributed by atoms with Crippen molar-refractivity contribution in [3.05, 3.63) is 41.7 Å². The Kier molecular flexibility index (Phi) is 5.10. The van der Waals surface area contributed by atoms with E-state index in [0.29, 0.717) is 0 Å². The average Bonchev–Trinajstić information content (AvgIpc) is 2.47. The van der Waals surface area contributed by atoms with Crippen molar-refractivity contribution in [2.45, 2.75) is 40.0 Å². The number of hydrogen-bond acceptors (Lipinski definition) is 3. The topological polar surface area (TPSA) is 37.8 Å². The first kappa shape index (κ1) is 14.5. The normalized spacial score (nSPS) is 10.6. The lowest BCUT2D eigenvalue weighted by atomic mass is 10.0. The first-order valence-electron chi connectivity index (χ1n) is 7.41. The zero-order valence-corrected chi connectivity index (χ0v) is 12.6. The smallest absolute Gasteiger partial charge is 0.132 e. The van der Waals surface area contributed by atoms with Gasteiger partial charge < -0.3 is 5.32 Å². The van der Waals surface area contributed by atoms with Gasteiger partial charge >= 0.3 is 0 Å². The Morgan fingerprint density at radius 2 is 1.95 bits per heavy atom. The predicted octanol–water partition coefficient (Wildman–Crippen LogP) is 4.23. The Morgan fingerprint density at radius 1 is 1.10 bits per heavy atom. The van der Waals surface area contributed by atoms with Gasteiger partial charge in [-0.3, -0.25) is 0 Å². The van der Waals surface area contributed by atoms with Gasteiger partial charge in [0.15, 0.2) is 0 Å². The van der Waals surface area contributed by atoms with Crippen molar-refractivity contribution in [2.24, 2.45) is 0 Å². The largest absolute Gasteiger partial charge is 0.370 e. The molecule has 0 aliphatic carbocycles. The molecule has 0 aliphatic heterocycles. The van der Waals surface area contributed by atoms with Crippen molar-refractivity contribution in [3.8, 4) is 11.3 Å². The van der Waals surface area contributed by atoms with Crippen molar-refractivity contribution in [3.63, 3.8) is 0 Å². The summed E-state index contributed by atoms with van der Waals surface area (Å²) in [6.07, 6.45) is 5.01. The fourth-order valence-corrected chi connectivity index (χ4v) is 2.33. The number of aryl methyl sites for hydroxylation is 1. The zero-order valence-electron chi connectivity index (χ0n) is 12.6. The molecule has 3 heteroatoms. The average molecular weight is 269 g/mol. The third-order valence-electron chi connectivity index (χ3n) is 3.37. The molecule has 0 aliphatic rings. The van der Waals surface area contributed by atoms with Crippen LogP contribution in [0.2, 0.25) is 0 Å². The van der Waals surface area contributed by atoms with Crippen molar-refractivity contribution in [2.75, 3.05) is 11.9 Å². The van der Waals surface area contributed by atoms with Gasteiger partial charge in [-0.25, -0.2) is 9.97 Å². The maximum absolute atomic E-state index is 4.47. The lowest BCUT2D eigenvalue weighted by Gasteiger charge is -2.11. The fourth-order valence-electron chi connectivity index (χ4n) is 2.33. The minimum atomic E-state index is 0.938. The molecule has 2 rings (SSSR count). The van der Waals surface area contributed by atoms with Crippen molar-refractivity contribution < 1.29 is 0 Å². The van der Waals surface area contributed by atoms with Crippen LogP contribution in [0.15, 0.2) is 30.6 Å². The summed E-state index contributed by atoms with van der Waals surface area (Å²) in [5.74, 6) is 0.942. The summed E-state index contributed by atoms with van der Waals surface area (Å²) in [4.78, 5) is 8.81. The van der Waals surface area contributed by atoms with E-state index in [4.69, 9.17) is 0 Å². The second-order valence-electron chi connectivity index (χ2n) is 5.07. The molecule has 1 aromatic heterocycles. The number of aromatic nitrogens is 2. The van der Waals surface area contributed by atoms with E-state index in [1.54, 1.807) is 6.33 Å². The number of nitrogens with zero attached hydrogens (tertiary/aromatic N) is 2. The first-order chi connectivity index (χ1) is 9.76. The summed E-state index contributed by atoms with van der Waals surface area (Å²) >= 11 is 0. The van der Waals surface area contributed by atoms with Gasteiger partial charge in [-0.1, -0.05) is 38.5 Å². The maximum atomic E-state index is 4.47. The molecule has 0 bridgehead atoms. The molecular formula is C17H23N3. The highest BCUT2D eigenvalue weighted by atomic mass is 15.0. The molecule has 106 valence electrons. The van der Waals surface area contributed by atoms with Crippen LogP contribution in [0.4, 0.5) is 5.82 Å². The molecule has 0 radical (unpaired) electrons. The van der Waals surface area contributed by atoms with Crippen LogP contribution >= 0.6 is 0 Å². The monoisotopic (exact) mass is 269 g/mol. The van der Waals surface area contributed by atoms with Gasteiger partial charge in [0.25, 0.3) is 0 Å². The number of anilines is 1. The lowest BCUT2D eigenvalue weighted by molar-refractivity contribution is 0.922. The van der Waals surface area contributed by atoms with Gasteiger partial charge in [-0.15, -0.1) is 0 Å². The minimum absolute atomic E-state index is 0.938. The van der Waals surface area contributed by atoms with Gasteiger partial charge in [0.1, 0.15) is 12.1 Å². The summed E-state index contributed by atoms with van der Waals surface area (Å²) in [5.41, 5.74) is 4.69. The molecule has 0 spiro atoms. The van der Waals surface area contributed by atoms with Crippen LogP contribution in [-0.2, 0) is 6.42 Å². The van der Waals surface area contributed by atoms with E-state index >= 15 is 0 Å². The van der Waals surface area contributed by atoms with Crippen LogP contribution in [0.25, 0.3) is 11.3 Å². The van der Waals surface area contributed by atoms with E-state index in [-0.39, 0.29) is 0 Å². The standard InChI is InChI=1S/C17H23N3/c1-4-7-14-8-6-9-15(11-14)16-13(3)17(18-10-5-2)20-12-19-16/h6,8-9,11-12H,4-5,7,10H2,1-3H3,(H,18,19,20). The Bertz CT molecular complexity index is 564. The summed E-state index contributed by atoms with van der Waals surface area (Å²) in [7, 11) is 0. The van der Waals surface area contributed by atoms with Crippen LogP contribution < -0.4 is 5.32 Å². The molecule has 0 fully saturated rings. The summed E-state index contributed by atoms with van der Waals surface area (Å²) < 4.78 is 0.